The lowest BCUT2D eigenvalue weighted by molar-refractivity contribution is -0.213. The van der Waals surface area contributed by atoms with Crippen LogP contribution in [0.3, 0.4) is 0 Å². The first-order valence-corrected chi connectivity index (χ1v) is 18.0. The third-order valence-corrected chi connectivity index (χ3v) is 13.8. The lowest BCUT2D eigenvalue weighted by Crippen LogP contribution is -2.64. The Morgan fingerprint density at radius 3 is 2.32 bits per heavy atom. The minimum atomic E-state index is -0.722. The second-order valence-corrected chi connectivity index (χ2v) is 17.8. The van der Waals surface area contributed by atoms with E-state index in [0.717, 1.165) is 63.2 Å². The molecule has 0 spiro atoms. The molecule has 4 saturated carbocycles. The number of carbonyl (C=O) groups excluding carboxylic acids is 4. The second kappa shape index (κ2) is 11.6. The van der Waals surface area contributed by atoms with Crippen LogP contribution in [0.4, 0.5) is 0 Å². The first kappa shape index (κ1) is 34.0. The van der Waals surface area contributed by atoms with Gasteiger partial charge in [0, 0.05) is 29.6 Å². The van der Waals surface area contributed by atoms with Crippen LogP contribution in [0.1, 0.15) is 130 Å². The Bertz CT molecular complexity index is 1480. The van der Waals surface area contributed by atoms with Crippen molar-refractivity contribution in [3.63, 3.8) is 0 Å². The smallest absolute Gasteiger partial charge is 0.307 e. The predicted octanol–water partition coefficient (Wildman–Crippen LogP) is 7.08. The molecule has 1 amide bonds. The van der Waals surface area contributed by atoms with Crippen molar-refractivity contribution >= 4 is 23.9 Å². The van der Waals surface area contributed by atoms with E-state index < -0.39 is 11.0 Å². The van der Waals surface area contributed by atoms with Crippen LogP contribution in [0.25, 0.3) is 0 Å². The molecule has 4 fully saturated rings. The fraction of sp³-hybridized carbons (Fsp3) is 0.744. The average Bonchev–Trinajstić information content (AvgIpc) is 3.30. The summed E-state index contributed by atoms with van der Waals surface area (Å²) in [6.07, 6.45) is 12.2. The van der Waals surface area contributed by atoms with Crippen molar-refractivity contribution in [3.8, 4) is 0 Å². The number of nitrogens with one attached hydrogen (secondary N) is 1. The lowest BCUT2D eigenvalue weighted by Gasteiger charge is -2.68. The Kier molecular flexibility index (Phi) is 8.40. The number of Topliss-reactive ketones (excluding diaryl/α,β-unsaturated/α-hetero) is 1. The number of carbonyl (C=O) groups is 4. The van der Waals surface area contributed by atoms with Gasteiger partial charge in [-0.3, -0.25) is 14.4 Å². The van der Waals surface area contributed by atoms with Crippen LogP contribution in [0.5, 0.6) is 0 Å². The topological polar surface area (TPSA) is 115 Å². The van der Waals surface area contributed by atoms with Crippen LogP contribution in [-0.4, -0.2) is 45.6 Å². The van der Waals surface area contributed by atoms with E-state index in [4.69, 9.17) is 4.74 Å². The van der Waals surface area contributed by atoms with Crippen LogP contribution in [-0.2, 0) is 19.1 Å². The number of hydrogen-bond acceptors (Lipinski definition) is 7. The van der Waals surface area contributed by atoms with Gasteiger partial charge in [0.2, 0.25) is 5.82 Å². The SMILES string of the molecule is CC(C)C1=C2C3CCC4C(C)(CCC5C(C)(C)C(OC(=O)CC(C)(C)C=O)CCC54C)C3CCC2(NC(=O)c2ncccn2)CC1=O. The number of rotatable bonds is 7. The zero-order valence-electron chi connectivity index (χ0n) is 29.8. The van der Waals surface area contributed by atoms with Crippen molar-refractivity contribution in [1.82, 2.24) is 15.3 Å². The van der Waals surface area contributed by atoms with Crippen molar-refractivity contribution in [2.75, 3.05) is 0 Å². The zero-order valence-corrected chi connectivity index (χ0v) is 29.8. The average molecular weight is 646 g/mol. The van der Waals surface area contributed by atoms with Gasteiger partial charge in [-0.25, -0.2) is 9.97 Å². The third kappa shape index (κ3) is 5.40. The van der Waals surface area contributed by atoms with Gasteiger partial charge in [0.25, 0.3) is 5.91 Å². The number of esters is 1. The maximum absolute atomic E-state index is 13.8. The number of ether oxygens (including phenoxy) is 1. The van der Waals surface area contributed by atoms with Gasteiger partial charge in [-0.05, 0) is 109 Å². The molecule has 5 aliphatic rings. The van der Waals surface area contributed by atoms with Crippen LogP contribution >= 0.6 is 0 Å². The standard InChI is InChI=1S/C39H55N3O5/c1-23(2)31-26(44)20-39(42-34(46)33-40-18-9-19-41-33)17-12-25-24(32(31)39)10-11-28-37(25,7)15-13-27-36(5,6)29(14-16-38(27,28)8)47-30(45)21-35(3,4)22-43/h9,18-19,22-25,27-29H,10-17,20-21H2,1-8H3,(H,42,46). The molecule has 8 unspecified atom stereocenters. The lowest BCUT2D eigenvalue weighted by atomic mass is 9.37. The molecule has 0 aromatic carbocycles. The number of fused-ring (bicyclic) bond motifs is 7. The van der Waals surface area contributed by atoms with Crippen LogP contribution in [0.2, 0.25) is 0 Å². The Hall–Kier alpha value is -2.90. The third-order valence-electron chi connectivity index (χ3n) is 13.8. The molecular formula is C39H55N3O5. The van der Waals surface area contributed by atoms with E-state index in [1.54, 1.807) is 32.3 Å². The molecule has 0 saturated heterocycles. The molecule has 6 rings (SSSR count). The summed E-state index contributed by atoms with van der Waals surface area (Å²) in [7, 11) is 0. The van der Waals surface area contributed by atoms with E-state index >= 15 is 0 Å². The molecular weight excluding hydrogens is 590 g/mol. The first-order valence-electron chi connectivity index (χ1n) is 18.0. The predicted molar refractivity (Wildman–Crippen MR) is 179 cm³/mol. The largest absolute Gasteiger partial charge is 0.462 e. The van der Waals surface area contributed by atoms with E-state index in [0.29, 0.717) is 24.2 Å². The van der Waals surface area contributed by atoms with Gasteiger partial charge in [-0.15, -0.1) is 0 Å². The van der Waals surface area contributed by atoms with Crippen LogP contribution in [0.15, 0.2) is 29.6 Å². The number of ketones is 1. The minimum Gasteiger partial charge on any atom is -0.462 e. The molecule has 1 heterocycles. The molecule has 5 aliphatic carbocycles. The summed E-state index contributed by atoms with van der Waals surface area (Å²) in [6.45, 7) is 17.4. The number of allylic oxidation sites excluding steroid dienone is 1. The molecule has 47 heavy (non-hydrogen) atoms. The Labute approximate surface area is 280 Å². The molecule has 256 valence electrons. The monoisotopic (exact) mass is 645 g/mol. The molecule has 0 aliphatic heterocycles. The summed E-state index contributed by atoms with van der Waals surface area (Å²) in [4.78, 5) is 60.1. The summed E-state index contributed by atoms with van der Waals surface area (Å²) in [6, 6.07) is 1.70. The van der Waals surface area contributed by atoms with E-state index in [1.165, 1.54) is 5.57 Å². The molecule has 8 heteroatoms. The normalized spacial score (nSPS) is 37.7. The fourth-order valence-corrected chi connectivity index (χ4v) is 11.9. The molecule has 8 atom stereocenters. The van der Waals surface area contributed by atoms with Gasteiger partial charge in [-0.1, -0.05) is 55.4 Å². The summed E-state index contributed by atoms with van der Waals surface area (Å²) in [5.41, 5.74) is 0.808. The van der Waals surface area contributed by atoms with Gasteiger partial charge in [-0.2, -0.15) is 0 Å². The molecule has 0 bridgehead atoms. The molecule has 1 aromatic rings. The molecule has 8 nitrogen and oxygen atoms in total. The fourth-order valence-electron chi connectivity index (χ4n) is 11.9. The van der Waals surface area contributed by atoms with Crippen molar-refractivity contribution in [2.45, 2.75) is 131 Å². The van der Waals surface area contributed by atoms with Crippen molar-refractivity contribution < 1.29 is 23.9 Å². The van der Waals surface area contributed by atoms with E-state index in [2.05, 4.69) is 56.8 Å². The van der Waals surface area contributed by atoms with Crippen LogP contribution in [0, 0.1) is 51.2 Å². The molecule has 1 aromatic heterocycles. The molecule has 0 radical (unpaired) electrons. The Balaban J connectivity index is 1.28. The Morgan fingerprint density at radius 2 is 1.66 bits per heavy atom. The minimum absolute atomic E-state index is 0.0951. The maximum atomic E-state index is 13.8. The van der Waals surface area contributed by atoms with Crippen molar-refractivity contribution in [1.29, 1.82) is 0 Å². The quantitative estimate of drug-likeness (QED) is 0.249. The van der Waals surface area contributed by atoms with Gasteiger partial charge in [0.15, 0.2) is 5.78 Å². The summed E-state index contributed by atoms with van der Waals surface area (Å²) >= 11 is 0. The van der Waals surface area contributed by atoms with Gasteiger partial charge < -0.3 is 14.8 Å². The maximum Gasteiger partial charge on any atom is 0.307 e. The highest BCUT2D eigenvalue weighted by Gasteiger charge is 2.67. The van der Waals surface area contributed by atoms with Gasteiger partial charge in [0.05, 0.1) is 12.0 Å². The number of aromatic nitrogens is 2. The number of nitrogens with zero attached hydrogens (tertiary/aromatic N) is 2. The van der Waals surface area contributed by atoms with Crippen molar-refractivity contribution in [3.05, 3.63) is 35.4 Å². The van der Waals surface area contributed by atoms with E-state index in [9.17, 15) is 19.2 Å². The van der Waals surface area contributed by atoms with Gasteiger partial charge >= 0.3 is 5.97 Å². The van der Waals surface area contributed by atoms with E-state index in [-0.39, 0.29) is 64.1 Å². The highest BCUT2D eigenvalue weighted by Crippen LogP contribution is 2.72. The second-order valence-electron chi connectivity index (χ2n) is 17.8. The molecule has 1 N–H and O–H groups in total. The zero-order chi connectivity index (χ0) is 34.2. The summed E-state index contributed by atoms with van der Waals surface area (Å²) in [5, 5.41) is 3.34. The number of aldehydes is 1. The summed E-state index contributed by atoms with van der Waals surface area (Å²) in [5.74, 6) is 1.49. The van der Waals surface area contributed by atoms with Crippen molar-refractivity contribution in [2.24, 2.45) is 51.2 Å². The summed E-state index contributed by atoms with van der Waals surface area (Å²) < 4.78 is 6.17. The highest BCUT2D eigenvalue weighted by atomic mass is 16.5. The first-order chi connectivity index (χ1) is 22.0. The number of hydrogen-bond donors (Lipinski definition) is 1. The highest BCUT2D eigenvalue weighted by molar-refractivity contribution is 6.03. The van der Waals surface area contributed by atoms with Crippen LogP contribution < -0.4 is 5.32 Å². The Morgan fingerprint density at radius 1 is 0.979 bits per heavy atom. The number of amides is 1. The van der Waals surface area contributed by atoms with Gasteiger partial charge in [0.1, 0.15) is 12.4 Å². The van der Waals surface area contributed by atoms with E-state index in [1.807, 2.05) is 0 Å².